The predicted molar refractivity (Wildman–Crippen MR) is 48.4 cm³/mol. The van der Waals surface area contributed by atoms with Crippen LogP contribution in [-0.4, -0.2) is 16.1 Å². The highest BCUT2D eigenvalue weighted by molar-refractivity contribution is 5.69. The summed E-state index contributed by atoms with van der Waals surface area (Å²) in [6, 6.07) is 0.839. The first-order chi connectivity index (χ1) is 7.45. The molecule has 0 atom stereocenters. The quantitative estimate of drug-likeness (QED) is 0.821. The molecule has 0 radical (unpaired) electrons. The Hall–Kier alpha value is -1.63. The van der Waals surface area contributed by atoms with E-state index in [0.29, 0.717) is 0 Å². The molecule has 0 fully saturated rings. The van der Waals surface area contributed by atoms with Gasteiger partial charge in [0.25, 0.3) is 6.43 Å². The number of carboxylic acid groups (broad SMARTS) is 1. The van der Waals surface area contributed by atoms with Crippen LogP contribution >= 0.6 is 0 Å². The molecule has 0 bridgehead atoms. The number of carboxylic acids is 1. The zero-order chi connectivity index (χ0) is 12.3. The van der Waals surface area contributed by atoms with E-state index in [2.05, 4.69) is 4.98 Å². The van der Waals surface area contributed by atoms with Crippen molar-refractivity contribution in [2.24, 2.45) is 5.73 Å². The van der Waals surface area contributed by atoms with Crippen molar-refractivity contribution in [1.82, 2.24) is 4.98 Å². The van der Waals surface area contributed by atoms with Gasteiger partial charge in [0.2, 0.25) is 0 Å². The lowest BCUT2D eigenvalue weighted by molar-refractivity contribution is -0.136. The number of hydrogen-bond acceptors (Lipinski definition) is 3. The highest BCUT2D eigenvalue weighted by Crippen LogP contribution is 2.24. The van der Waals surface area contributed by atoms with Crippen LogP contribution in [0, 0.1) is 5.82 Å². The maximum atomic E-state index is 13.4. The molecule has 0 unspecified atom stereocenters. The third kappa shape index (κ3) is 2.69. The van der Waals surface area contributed by atoms with Crippen molar-refractivity contribution in [3.05, 3.63) is 28.8 Å². The van der Waals surface area contributed by atoms with Crippen LogP contribution in [0.25, 0.3) is 0 Å². The van der Waals surface area contributed by atoms with Gasteiger partial charge in [0, 0.05) is 6.54 Å². The zero-order valence-electron chi connectivity index (χ0n) is 8.08. The molecular formula is C9H9F3N2O2. The third-order valence-corrected chi connectivity index (χ3v) is 1.87. The number of nitrogens with two attached hydrogens (primary N) is 1. The SMILES string of the molecule is NCc1cc(C(F)F)c(F)c(CC(=O)O)n1. The van der Waals surface area contributed by atoms with Crippen LogP contribution in [0.15, 0.2) is 6.07 Å². The minimum atomic E-state index is -3.03. The van der Waals surface area contributed by atoms with Gasteiger partial charge in [-0.05, 0) is 6.07 Å². The molecule has 0 spiro atoms. The van der Waals surface area contributed by atoms with Crippen molar-refractivity contribution in [3.63, 3.8) is 0 Å². The fourth-order valence-electron chi connectivity index (χ4n) is 1.19. The molecule has 88 valence electrons. The molecule has 0 aliphatic carbocycles. The van der Waals surface area contributed by atoms with Crippen molar-refractivity contribution >= 4 is 5.97 Å². The molecule has 1 aromatic rings. The standard InChI is InChI=1S/C9H9F3N2O2/c10-8-5(9(11)12)1-4(3-13)14-6(8)2-7(15)16/h1,9H,2-3,13H2,(H,15,16). The Morgan fingerprint density at radius 3 is 2.62 bits per heavy atom. The van der Waals surface area contributed by atoms with Gasteiger partial charge in [0.1, 0.15) is 0 Å². The summed E-state index contributed by atoms with van der Waals surface area (Å²) in [5.74, 6) is -2.63. The molecule has 16 heavy (non-hydrogen) atoms. The van der Waals surface area contributed by atoms with Gasteiger partial charge in [-0.1, -0.05) is 0 Å². The van der Waals surface area contributed by atoms with E-state index < -0.39 is 35.9 Å². The number of pyridine rings is 1. The second-order valence-electron chi connectivity index (χ2n) is 3.04. The van der Waals surface area contributed by atoms with Crippen LogP contribution < -0.4 is 5.73 Å². The van der Waals surface area contributed by atoms with Crippen molar-refractivity contribution in [1.29, 1.82) is 0 Å². The Kier molecular flexibility index (Phi) is 3.83. The second kappa shape index (κ2) is 4.93. The smallest absolute Gasteiger partial charge is 0.309 e. The average Bonchev–Trinajstić information content (AvgIpc) is 2.19. The molecule has 1 aromatic heterocycles. The van der Waals surface area contributed by atoms with E-state index in [1.807, 2.05) is 0 Å². The summed E-state index contributed by atoms with van der Waals surface area (Å²) in [6.07, 6.45) is -3.78. The first-order valence-corrected chi connectivity index (χ1v) is 4.34. The van der Waals surface area contributed by atoms with Gasteiger partial charge < -0.3 is 10.8 Å². The Morgan fingerprint density at radius 1 is 1.56 bits per heavy atom. The highest BCUT2D eigenvalue weighted by Gasteiger charge is 2.20. The van der Waals surface area contributed by atoms with E-state index in [-0.39, 0.29) is 12.2 Å². The first kappa shape index (κ1) is 12.4. The average molecular weight is 234 g/mol. The lowest BCUT2D eigenvalue weighted by Crippen LogP contribution is -2.11. The van der Waals surface area contributed by atoms with Gasteiger partial charge in [-0.2, -0.15) is 0 Å². The van der Waals surface area contributed by atoms with Gasteiger partial charge in [-0.3, -0.25) is 9.78 Å². The molecule has 1 rings (SSSR count). The number of halogens is 3. The van der Waals surface area contributed by atoms with Crippen molar-refractivity contribution in [2.45, 2.75) is 19.4 Å². The van der Waals surface area contributed by atoms with Crippen LogP contribution in [0.1, 0.15) is 23.4 Å². The van der Waals surface area contributed by atoms with Gasteiger partial charge in [-0.15, -0.1) is 0 Å². The van der Waals surface area contributed by atoms with E-state index in [1.54, 1.807) is 0 Å². The Balaban J connectivity index is 3.25. The molecule has 0 saturated carbocycles. The number of carbonyl (C=O) groups is 1. The molecule has 1 heterocycles. The van der Waals surface area contributed by atoms with Crippen LogP contribution in [0.3, 0.4) is 0 Å². The van der Waals surface area contributed by atoms with Gasteiger partial charge in [0.15, 0.2) is 5.82 Å². The monoisotopic (exact) mass is 234 g/mol. The van der Waals surface area contributed by atoms with E-state index in [4.69, 9.17) is 10.8 Å². The lowest BCUT2D eigenvalue weighted by Gasteiger charge is -2.08. The minimum absolute atomic E-state index is 0.0351. The molecule has 0 aliphatic heterocycles. The topological polar surface area (TPSA) is 76.2 Å². The summed E-state index contributed by atoms with van der Waals surface area (Å²) in [7, 11) is 0. The van der Waals surface area contributed by atoms with Crippen LogP contribution in [-0.2, 0) is 17.8 Å². The maximum absolute atomic E-state index is 13.4. The number of alkyl halides is 2. The van der Waals surface area contributed by atoms with E-state index in [9.17, 15) is 18.0 Å². The van der Waals surface area contributed by atoms with Crippen LogP contribution in [0.2, 0.25) is 0 Å². The van der Waals surface area contributed by atoms with E-state index in [1.165, 1.54) is 0 Å². The van der Waals surface area contributed by atoms with Crippen molar-refractivity contribution in [3.8, 4) is 0 Å². The third-order valence-electron chi connectivity index (χ3n) is 1.87. The Bertz CT molecular complexity index is 410. The molecule has 4 nitrogen and oxygen atoms in total. The summed E-state index contributed by atoms with van der Waals surface area (Å²) in [6.45, 7) is -0.160. The molecule has 0 amide bonds. The summed E-state index contributed by atoms with van der Waals surface area (Å²) < 4.78 is 38.2. The Morgan fingerprint density at radius 2 is 2.19 bits per heavy atom. The van der Waals surface area contributed by atoms with Crippen molar-refractivity contribution in [2.75, 3.05) is 0 Å². The molecule has 0 aliphatic rings. The van der Waals surface area contributed by atoms with Gasteiger partial charge in [0.05, 0.1) is 23.4 Å². The first-order valence-electron chi connectivity index (χ1n) is 4.34. The second-order valence-corrected chi connectivity index (χ2v) is 3.04. The molecule has 0 aromatic carbocycles. The summed E-state index contributed by atoms with van der Waals surface area (Å²) >= 11 is 0. The van der Waals surface area contributed by atoms with Crippen LogP contribution in [0.4, 0.5) is 13.2 Å². The summed E-state index contributed by atoms with van der Waals surface area (Å²) in [5, 5.41) is 8.46. The number of rotatable bonds is 4. The highest BCUT2D eigenvalue weighted by atomic mass is 19.3. The van der Waals surface area contributed by atoms with E-state index >= 15 is 0 Å². The number of nitrogens with zero attached hydrogens (tertiary/aromatic N) is 1. The van der Waals surface area contributed by atoms with Crippen LogP contribution in [0.5, 0.6) is 0 Å². The van der Waals surface area contributed by atoms with Gasteiger partial charge >= 0.3 is 5.97 Å². The number of hydrogen-bond donors (Lipinski definition) is 2. The normalized spacial score (nSPS) is 10.8. The lowest BCUT2D eigenvalue weighted by atomic mass is 10.1. The fraction of sp³-hybridized carbons (Fsp3) is 0.333. The van der Waals surface area contributed by atoms with Gasteiger partial charge in [-0.25, -0.2) is 13.2 Å². The zero-order valence-corrected chi connectivity index (χ0v) is 8.08. The number of aromatic nitrogens is 1. The molecule has 0 saturated heterocycles. The predicted octanol–water partition coefficient (Wildman–Crippen LogP) is 1.24. The number of aliphatic carboxylic acids is 1. The molecule has 7 heteroatoms. The largest absolute Gasteiger partial charge is 0.481 e. The maximum Gasteiger partial charge on any atom is 0.309 e. The summed E-state index contributed by atoms with van der Waals surface area (Å²) in [5.41, 5.74) is 3.84. The van der Waals surface area contributed by atoms with E-state index in [0.717, 1.165) is 6.07 Å². The molecular weight excluding hydrogens is 225 g/mol. The minimum Gasteiger partial charge on any atom is -0.481 e. The fourth-order valence-corrected chi connectivity index (χ4v) is 1.19. The molecule has 3 N–H and O–H groups in total. The Labute approximate surface area is 88.9 Å². The van der Waals surface area contributed by atoms with Crippen molar-refractivity contribution < 1.29 is 23.1 Å². The summed E-state index contributed by atoms with van der Waals surface area (Å²) in [4.78, 5) is 13.9.